The molecule has 16 heavy (non-hydrogen) atoms. The summed E-state index contributed by atoms with van der Waals surface area (Å²) in [7, 11) is 0. The number of benzene rings is 1. The van der Waals surface area contributed by atoms with Crippen LogP contribution in [0.15, 0.2) is 30.9 Å². The van der Waals surface area contributed by atoms with E-state index in [0.717, 1.165) is 11.1 Å². The summed E-state index contributed by atoms with van der Waals surface area (Å²) in [4.78, 5) is 14.8. The van der Waals surface area contributed by atoms with Gasteiger partial charge in [-0.25, -0.2) is 9.67 Å². The molecule has 0 radical (unpaired) electrons. The maximum Gasteiger partial charge on any atom is 0.248 e. The highest BCUT2D eigenvalue weighted by Gasteiger charge is 2.04. The molecule has 0 spiro atoms. The zero-order chi connectivity index (χ0) is 11.5. The van der Waals surface area contributed by atoms with Gasteiger partial charge < -0.3 is 5.73 Å². The summed E-state index contributed by atoms with van der Waals surface area (Å²) < 4.78 is 1.73. The minimum absolute atomic E-state index is 0.407. The third-order valence-corrected chi connectivity index (χ3v) is 2.43. The largest absolute Gasteiger partial charge is 0.366 e. The second-order valence-corrected chi connectivity index (χ2v) is 3.60. The molecule has 1 amide bonds. The molecule has 82 valence electrons. The SMILES string of the molecule is Cc1cc(C(N)=O)ccc1Cn1cncn1. The number of hydrogen-bond donors (Lipinski definition) is 1. The fourth-order valence-electron chi connectivity index (χ4n) is 1.52. The molecule has 0 aliphatic rings. The van der Waals surface area contributed by atoms with E-state index in [1.807, 2.05) is 13.0 Å². The number of nitrogens with zero attached hydrogens (tertiary/aromatic N) is 3. The van der Waals surface area contributed by atoms with Gasteiger partial charge in [-0.3, -0.25) is 4.79 Å². The van der Waals surface area contributed by atoms with Crippen molar-refractivity contribution < 1.29 is 4.79 Å². The summed E-state index contributed by atoms with van der Waals surface area (Å²) in [5.41, 5.74) is 7.84. The number of nitrogens with two attached hydrogens (primary N) is 1. The van der Waals surface area contributed by atoms with Gasteiger partial charge in [0, 0.05) is 5.56 Å². The van der Waals surface area contributed by atoms with Gasteiger partial charge in [-0.05, 0) is 30.2 Å². The molecule has 1 aromatic carbocycles. The first-order valence-corrected chi connectivity index (χ1v) is 4.88. The van der Waals surface area contributed by atoms with Gasteiger partial charge in [-0.1, -0.05) is 6.07 Å². The normalized spacial score (nSPS) is 10.3. The van der Waals surface area contributed by atoms with E-state index in [0.29, 0.717) is 12.1 Å². The smallest absolute Gasteiger partial charge is 0.248 e. The number of aromatic nitrogens is 3. The van der Waals surface area contributed by atoms with E-state index in [4.69, 9.17) is 5.73 Å². The highest BCUT2D eigenvalue weighted by Crippen LogP contribution is 2.11. The van der Waals surface area contributed by atoms with E-state index < -0.39 is 5.91 Å². The predicted octanol–water partition coefficient (Wildman–Crippen LogP) is 0.734. The van der Waals surface area contributed by atoms with E-state index in [9.17, 15) is 4.79 Å². The Kier molecular flexibility index (Phi) is 2.68. The first kappa shape index (κ1) is 10.4. The summed E-state index contributed by atoms with van der Waals surface area (Å²) >= 11 is 0. The van der Waals surface area contributed by atoms with Crippen LogP contribution in [-0.4, -0.2) is 20.7 Å². The number of carbonyl (C=O) groups excluding carboxylic acids is 1. The summed E-state index contributed by atoms with van der Waals surface area (Å²) in [6, 6.07) is 5.40. The number of aryl methyl sites for hydroxylation is 1. The summed E-state index contributed by atoms with van der Waals surface area (Å²) in [6.07, 6.45) is 3.15. The minimum Gasteiger partial charge on any atom is -0.366 e. The predicted molar refractivity (Wildman–Crippen MR) is 58.8 cm³/mol. The van der Waals surface area contributed by atoms with Crippen LogP contribution < -0.4 is 5.73 Å². The van der Waals surface area contributed by atoms with Crippen molar-refractivity contribution in [3.63, 3.8) is 0 Å². The summed E-state index contributed by atoms with van der Waals surface area (Å²) in [5.74, 6) is -0.407. The lowest BCUT2D eigenvalue weighted by Crippen LogP contribution is -2.11. The molecule has 0 fully saturated rings. The van der Waals surface area contributed by atoms with Crippen LogP contribution in [0.2, 0.25) is 0 Å². The molecule has 2 N–H and O–H groups in total. The Morgan fingerprint density at radius 3 is 2.88 bits per heavy atom. The van der Waals surface area contributed by atoms with Crippen molar-refractivity contribution in [2.24, 2.45) is 5.73 Å². The topological polar surface area (TPSA) is 73.8 Å². The van der Waals surface area contributed by atoms with E-state index in [1.54, 1.807) is 23.1 Å². The third-order valence-electron chi connectivity index (χ3n) is 2.43. The van der Waals surface area contributed by atoms with Gasteiger partial charge in [0.1, 0.15) is 12.7 Å². The lowest BCUT2D eigenvalue weighted by atomic mass is 10.0. The Labute approximate surface area is 92.9 Å². The van der Waals surface area contributed by atoms with Gasteiger partial charge in [0.05, 0.1) is 6.54 Å². The molecular weight excluding hydrogens is 204 g/mol. The van der Waals surface area contributed by atoms with E-state index in [-0.39, 0.29) is 0 Å². The molecule has 2 aromatic rings. The number of carbonyl (C=O) groups is 1. The highest BCUT2D eigenvalue weighted by atomic mass is 16.1. The Bertz CT molecular complexity index is 505. The zero-order valence-corrected chi connectivity index (χ0v) is 8.92. The second-order valence-electron chi connectivity index (χ2n) is 3.60. The van der Waals surface area contributed by atoms with Gasteiger partial charge in [0.15, 0.2) is 0 Å². The number of amides is 1. The van der Waals surface area contributed by atoms with Crippen LogP contribution in [0.25, 0.3) is 0 Å². The molecule has 0 saturated carbocycles. The first-order valence-electron chi connectivity index (χ1n) is 4.88. The van der Waals surface area contributed by atoms with Crippen molar-refractivity contribution in [2.75, 3.05) is 0 Å². The molecule has 2 rings (SSSR count). The maximum absolute atomic E-state index is 11.0. The monoisotopic (exact) mass is 216 g/mol. The molecule has 0 saturated heterocycles. The van der Waals surface area contributed by atoms with Gasteiger partial charge in [-0.15, -0.1) is 0 Å². The molecule has 1 heterocycles. The first-order chi connectivity index (χ1) is 7.66. The summed E-state index contributed by atoms with van der Waals surface area (Å²) in [5, 5.41) is 4.02. The van der Waals surface area contributed by atoms with Crippen LogP contribution >= 0.6 is 0 Å². The number of hydrogen-bond acceptors (Lipinski definition) is 3. The van der Waals surface area contributed by atoms with Gasteiger partial charge in [0.25, 0.3) is 0 Å². The Morgan fingerprint density at radius 2 is 2.31 bits per heavy atom. The van der Waals surface area contributed by atoms with Crippen molar-refractivity contribution in [1.82, 2.24) is 14.8 Å². The third kappa shape index (κ3) is 2.08. The van der Waals surface area contributed by atoms with E-state index >= 15 is 0 Å². The van der Waals surface area contributed by atoms with Crippen molar-refractivity contribution in [2.45, 2.75) is 13.5 Å². The van der Waals surface area contributed by atoms with Gasteiger partial charge in [0.2, 0.25) is 5.91 Å². The molecule has 0 aliphatic heterocycles. The average Bonchev–Trinajstić information content (AvgIpc) is 2.73. The Morgan fingerprint density at radius 1 is 1.50 bits per heavy atom. The van der Waals surface area contributed by atoms with Crippen LogP contribution in [0.1, 0.15) is 21.5 Å². The summed E-state index contributed by atoms with van der Waals surface area (Å²) in [6.45, 7) is 2.59. The molecule has 1 aromatic heterocycles. The molecule has 0 aliphatic carbocycles. The van der Waals surface area contributed by atoms with Crippen LogP contribution in [0.4, 0.5) is 0 Å². The fourth-order valence-corrected chi connectivity index (χ4v) is 1.52. The Balaban J connectivity index is 2.26. The lowest BCUT2D eigenvalue weighted by Gasteiger charge is -2.06. The average molecular weight is 216 g/mol. The molecule has 5 heteroatoms. The minimum atomic E-state index is -0.407. The van der Waals surface area contributed by atoms with Crippen molar-refractivity contribution in [3.05, 3.63) is 47.5 Å². The number of rotatable bonds is 3. The molecule has 0 bridgehead atoms. The second kappa shape index (κ2) is 4.14. The van der Waals surface area contributed by atoms with Crippen molar-refractivity contribution >= 4 is 5.91 Å². The highest BCUT2D eigenvalue weighted by molar-refractivity contribution is 5.93. The van der Waals surface area contributed by atoms with Crippen LogP contribution in [-0.2, 0) is 6.54 Å². The molecular formula is C11H12N4O. The lowest BCUT2D eigenvalue weighted by molar-refractivity contribution is 0.1000. The van der Waals surface area contributed by atoms with E-state index in [1.165, 1.54) is 6.33 Å². The maximum atomic E-state index is 11.0. The van der Waals surface area contributed by atoms with Crippen LogP contribution in [0, 0.1) is 6.92 Å². The fraction of sp³-hybridized carbons (Fsp3) is 0.182. The van der Waals surface area contributed by atoms with Crippen LogP contribution in [0.5, 0.6) is 0 Å². The molecule has 5 nitrogen and oxygen atoms in total. The van der Waals surface area contributed by atoms with Gasteiger partial charge in [-0.2, -0.15) is 5.10 Å². The quantitative estimate of drug-likeness (QED) is 0.822. The Hall–Kier alpha value is -2.17. The number of primary amides is 1. The van der Waals surface area contributed by atoms with Crippen LogP contribution in [0.3, 0.4) is 0 Å². The molecule has 0 atom stereocenters. The van der Waals surface area contributed by atoms with Crippen molar-refractivity contribution in [1.29, 1.82) is 0 Å². The van der Waals surface area contributed by atoms with Crippen molar-refractivity contribution in [3.8, 4) is 0 Å². The standard InChI is InChI=1S/C11H12N4O/c1-8-4-9(11(12)16)2-3-10(8)5-15-7-13-6-14-15/h2-4,6-7H,5H2,1H3,(H2,12,16). The van der Waals surface area contributed by atoms with E-state index in [2.05, 4.69) is 10.1 Å². The van der Waals surface area contributed by atoms with Gasteiger partial charge >= 0.3 is 0 Å². The molecule has 0 unspecified atom stereocenters. The zero-order valence-electron chi connectivity index (χ0n) is 8.92.